The van der Waals surface area contributed by atoms with Gasteiger partial charge in [-0.15, -0.1) is 11.3 Å². The van der Waals surface area contributed by atoms with E-state index < -0.39 is 0 Å². The van der Waals surface area contributed by atoms with Gasteiger partial charge in [-0.2, -0.15) is 0 Å². The Balaban J connectivity index is 1.33. The summed E-state index contributed by atoms with van der Waals surface area (Å²) < 4.78 is 5.57. The number of rotatable bonds is 7. The fourth-order valence-electron chi connectivity index (χ4n) is 3.66. The first kappa shape index (κ1) is 22.8. The molecule has 1 aliphatic carbocycles. The SMILES string of the molecule is CN(C)[C@H]1CCc2nc(NC(=O)c3cccc(OCC(=O)Nc4ccc(N)cc4)c3)sc2C1. The van der Waals surface area contributed by atoms with Gasteiger partial charge < -0.3 is 20.7 Å². The number of benzene rings is 2. The normalized spacial score (nSPS) is 15.1. The maximum Gasteiger partial charge on any atom is 0.262 e. The van der Waals surface area contributed by atoms with Crippen LogP contribution in [0.4, 0.5) is 16.5 Å². The Bertz CT molecular complexity index is 1140. The number of nitrogens with two attached hydrogens (primary N) is 1. The minimum absolute atomic E-state index is 0.179. The molecule has 0 radical (unpaired) electrons. The van der Waals surface area contributed by atoms with Crippen molar-refractivity contribution >= 4 is 39.7 Å². The van der Waals surface area contributed by atoms with Crippen LogP contribution in [0.25, 0.3) is 0 Å². The number of nitrogens with one attached hydrogen (secondary N) is 2. The van der Waals surface area contributed by atoms with Crippen molar-refractivity contribution in [1.82, 2.24) is 9.88 Å². The van der Waals surface area contributed by atoms with Crippen molar-refractivity contribution in [2.45, 2.75) is 25.3 Å². The highest BCUT2D eigenvalue weighted by Gasteiger charge is 2.24. The van der Waals surface area contributed by atoms with E-state index in [9.17, 15) is 9.59 Å². The van der Waals surface area contributed by atoms with Crippen LogP contribution in [-0.2, 0) is 17.6 Å². The van der Waals surface area contributed by atoms with Crippen molar-refractivity contribution in [3.05, 3.63) is 64.7 Å². The lowest BCUT2D eigenvalue weighted by atomic mass is 9.97. The molecule has 1 heterocycles. The second-order valence-electron chi connectivity index (χ2n) is 8.19. The molecule has 2 aromatic carbocycles. The number of amides is 2. The second-order valence-corrected chi connectivity index (χ2v) is 9.27. The molecule has 1 aliphatic rings. The number of anilines is 3. The molecule has 0 unspecified atom stereocenters. The second kappa shape index (κ2) is 10.0. The fourth-order valence-corrected chi connectivity index (χ4v) is 4.73. The first-order valence-corrected chi connectivity index (χ1v) is 11.5. The number of nitrogens with zero attached hydrogens (tertiary/aromatic N) is 2. The molecule has 0 bridgehead atoms. The van der Waals surface area contributed by atoms with Crippen molar-refractivity contribution < 1.29 is 14.3 Å². The molecule has 0 spiro atoms. The number of aryl methyl sites for hydroxylation is 1. The number of carbonyl (C=O) groups is 2. The van der Waals surface area contributed by atoms with Gasteiger partial charge in [-0.25, -0.2) is 4.98 Å². The van der Waals surface area contributed by atoms with Crippen LogP contribution < -0.4 is 21.1 Å². The predicted molar refractivity (Wildman–Crippen MR) is 131 cm³/mol. The van der Waals surface area contributed by atoms with Gasteiger partial charge in [0.25, 0.3) is 11.8 Å². The van der Waals surface area contributed by atoms with E-state index in [0.29, 0.717) is 33.9 Å². The number of thiazole rings is 1. The van der Waals surface area contributed by atoms with Crippen LogP contribution >= 0.6 is 11.3 Å². The Hall–Kier alpha value is -3.43. The average molecular weight is 466 g/mol. The zero-order valence-corrected chi connectivity index (χ0v) is 19.4. The Kier molecular flexibility index (Phi) is 6.90. The molecular weight excluding hydrogens is 438 g/mol. The van der Waals surface area contributed by atoms with Crippen LogP contribution in [0.5, 0.6) is 5.75 Å². The minimum atomic E-state index is -0.306. The lowest BCUT2D eigenvalue weighted by Gasteiger charge is -2.27. The average Bonchev–Trinajstić information content (AvgIpc) is 3.21. The zero-order valence-electron chi connectivity index (χ0n) is 18.6. The van der Waals surface area contributed by atoms with Gasteiger partial charge >= 0.3 is 0 Å². The maximum atomic E-state index is 12.8. The molecule has 4 N–H and O–H groups in total. The number of hydrogen-bond acceptors (Lipinski definition) is 7. The van der Waals surface area contributed by atoms with Crippen LogP contribution in [0.2, 0.25) is 0 Å². The van der Waals surface area contributed by atoms with E-state index in [1.807, 2.05) is 0 Å². The Morgan fingerprint density at radius 1 is 1.18 bits per heavy atom. The quantitative estimate of drug-likeness (QED) is 0.461. The predicted octanol–water partition coefficient (Wildman–Crippen LogP) is 3.41. The lowest BCUT2D eigenvalue weighted by molar-refractivity contribution is -0.118. The molecule has 33 heavy (non-hydrogen) atoms. The van der Waals surface area contributed by atoms with E-state index in [1.165, 1.54) is 16.2 Å². The van der Waals surface area contributed by atoms with Crippen molar-refractivity contribution in [1.29, 1.82) is 0 Å². The molecule has 9 heteroatoms. The third kappa shape index (κ3) is 5.88. The number of carbonyl (C=O) groups excluding carboxylic acids is 2. The summed E-state index contributed by atoms with van der Waals surface area (Å²) in [5.41, 5.74) is 8.42. The Morgan fingerprint density at radius 2 is 1.97 bits per heavy atom. The molecule has 2 amide bonds. The smallest absolute Gasteiger partial charge is 0.262 e. The number of aromatic nitrogens is 1. The summed E-state index contributed by atoms with van der Waals surface area (Å²) in [6, 6.07) is 14.1. The largest absolute Gasteiger partial charge is 0.484 e. The first-order chi connectivity index (χ1) is 15.9. The van der Waals surface area contributed by atoms with Crippen molar-refractivity contribution in [2.75, 3.05) is 37.1 Å². The van der Waals surface area contributed by atoms with Crippen LogP contribution in [0.3, 0.4) is 0 Å². The summed E-state index contributed by atoms with van der Waals surface area (Å²) >= 11 is 1.54. The van der Waals surface area contributed by atoms with Gasteiger partial charge in [0, 0.05) is 27.9 Å². The minimum Gasteiger partial charge on any atom is -0.484 e. The van der Waals surface area contributed by atoms with Crippen LogP contribution in [0.15, 0.2) is 48.5 Å². The molecule has 4 rings (SSSR count). The summed E-state index contributed by atoms with van der Waals surface area (Å²) in [4.78, 5) is 33.0. The van der Waals surface area contributed by atoms with E-state index in [4.69, 9.17) is 10.5 Å². The van der Waals surface area contributed by atoms with Gasteiger partial charge in [-0.05, 0) is 75.8 Å². The number of fused-ring (bicyclic) bond motifs is 1. The molecule has 0 saturated carbocycles. The van der Waals surface area contributed by atoms with Gasteiger partial charge in [-0.1, -0.05) is 6.07 Å². The topological polar surface area (TPSA) is 110 Å². The van der Waals surface area contributed by atoms with Crippen molar-refractivity contribution in [3.63, 3.8) is 0 Å². The highest BCUT2D eigenvalue weighted by Crippen LogP contribution is 2.31. The van der Waals surface area contributed by atoms with Gasteiger partial charge in [0.05, 0.1) is 5.69 Å². The van der Waals surface area contributed by atoms with Gasteiger partial charge in [-0.3, -0.25) is 14.9 Å². The first-order valence-electron chi connectivity index (χ1n) is 10.7. The number of ether oxygens (including phenoxy) is 1. The lowest BCUT2D eigenvalue weighted by Crippen LogP contribution is -2.32. The molecule has 172 valence electrons. The molecule has 0 saturated heterocycles. The monoisotopic (exact) mass is 465 g/mol. The van der Waals surface area contributed by atoms with Crippen molar-refractivity contribution in [3.8, 4) is 5.75 Å². The van der Waals surface area contributed by atoms with Crippen LogP contribution in [0.1, 0.15) is 27.3 Å². The summed E-state index contributed by atoms with van der Waals surface area (Å²) in [7, 11) is 4.19. The zero-order chi connectivity index (χ0) is 23.4. The highest BCUT2D eigenvalue weighted by atomic mass is 32.1. The third-order valence-corrected chi connectivity index (χ3v) is 6.56. The Labute approximate surface area is 196 Å². The fraction of sp³-hybridized carbons (Fsp3) is 0.292. The molecular formula is C24H27N5O3S. The van der Waals surface area contributed by atoms with Crippen LogP contribution in [-0.4, -0.2) is 48.4 Å². The molecule has 1 aromatic heterocycles. The maximum absolute atomic E-state index is 12.8. The number of likely N-dealkylation sites (N-methyl/N-ethyl adjacent to an activating group) is 1. The molecule has 0 fully saturated rings. The molecule has 3 aromatic rings. The molecule has 8 nitrogen and oxygen atoms in total. The van der Waals surface area contributed by atoms with Gasteiger partial charge in [0.1, 0.15) is 5.75 Å². The highest BCUT2D eigenvalue weighted by molar-refractivity contribution is 7.15. The van der Waals surface area contributed by atoms with E-state index in [1.54, 1.807) is 48.5 Å². The molecule has 1 atom stereocenters. The van der Waals surface area contributed by atoms with Crippen molar-refractivity contribution in [2.24, 2.45) is 0 Å². The van der Waals surface area contributed by atoms with E-state index in [0.717, 1.165) is 25.0 Å². The van der Waals surface area contributed by atoms with E-state index >= 15 is 0 Å². The number of nitrogen functional groups attached to an aromatic ring is 1. The van der Waals surface area contributed by atoms with Gasteiger partial charge in [0.2, 0.25) is 0 Å². The summed E-state index contributed by atoms with van der Waals surface area (Å²) in [5, 5.41) is 6.24. The summed E-state index contributed by atoms with van der Waals surface area (Å²) in [6.45, 7) is -0.179. The Morgan fingerprint density at radius 3 is 2.73 bits per heavy atom. The summed E-state index contributed by atoms with van der Waals surface area (Å²) in [5.74, 6) is -0.136. The standard InChI is InChI=1S/C24H27N5O3S/c1-29(2)18-10-11-20-21(13-18)33-24(27-20)28-23(31)15-4-3-5-19(12-15)32-14-22(30)26-17-8-6-16(25)7-9-17/h3-9,12,18H,10-11,13-14,25H2,1-2H3,(H,26,30)(H,27,28,31)/t18-/m0/s1. The van der Waals surface area contributed by atoms with E-state index in [-0.39, 0.29) is 18.4 Å². The summed E-state index contributed by atoms with van der Waals surface area (Å²) in [6.07, 6.45) is 2.95. The molecule has 0 aliphatic heterocycles. The van der Waals surface area contributed by atoms with Crippen LogP contribution in [0, 0.1) is 0 Å². The third-order valence-electron chi connectivity index (χ3n) is 5.52. The van der Waals surface area contributed by atoms with E-state index in [2.05, 4.69) is 34.6 Å². The van der Waals surface area contributed by atoms with Gasteiger partial charge in [0.15, 0.2) is 11.7 Å². The number of hydrogen-bond donors (Lipinski definition) is 3.